The summed E-state index contributed by atoms with van der Waals surface area (Å²) in [6, 6.07) is 6.13. The Kier molecular flexibility index (Phi) is 4.90. The Morgan fingerprint density at radius 2 is 2.04 bits per heavy atom. The standard InChI is InChI=1S/C15H15FN6OS/c1-22(13(23)8-24-15-17-9-19-21-15)7-11-6-18-20-14(11)10-2-4-12(16)5-3-10/h2-6,9H,7-8H2,1H3,(H,18,20)(H,17,19,21). The number of amides is 1. The first-order valence-corrected chi connectivity index (χ1v) is 8.12. The smallest absolute Gasteiger partial charge is 0.233 e. The van der Waals surface area contributed by atoms with Gasteiger partial charge < -0.3 is 4.90 Å². The maximum atomic E-state index is 13.1. The van der Waals surface area contributed by atoms with E-state index in [2.05, 4.69) is 25.4 Å². The molecule has 0 saturated heterocycles. The first-order valence-electron chi connectivity index (χ1n) is 7.14. The molecule has 9 heteroatoms. The van der Waals surface area contributed by atoms with Crippen LogP contribution < -0.4 is 0 Å². The van der Waals surface area contributed by atoms with E-state index in [-0.39, 0.29) is 17.5 Å². The summed E-state index contributed by atoms with van der Waals surface area (Å²) in [5.41, 5.74) is 2.46. The van der Waals surface area contributed by atoms with Gasteiger partial charge in [0.15, 0.2) is 5.16 Å². The number of hydrogen-bond donors (Lipinski definition) is 2. The van der Waals surface area contributed by atoms with Gasteiger partial charge in [-0.05, 0) is 24.3 Å². The summed E-state index contributed by atoms with van der Waals surface area (Å²) >= 11 is 1.29. The molecule has 3 aromatic rings. The van der Waals surface area contributed by atoms with Crippen molar-refractivity contribution in [2.45, 2.75) is 11.7 Å². The average molecular weight is 346 g/mol. The van der Waals surface area contributed by atoms with E-state index >= 15 is 0 Å². The topological polar surface area (TPSA) is 90.6 Å². The zero-order chi connectivity index (χ0) is 16.9. The average Bonchev–Trinajstić information content (AvgIpc) is 3.25. The van der Waals surface area contributed by atoms with Crippen molar-refractivity contribution in [2.75, 3.05) is 12.8 Å². The molecule has 124 valence electrons. The minimum absolute atomic E-state index is 0.0392. The molecule has 0 saturated carbocycles. The zero-order valence-corrected chi connectivity index (χ0v) is 13.7. The van der Waals surface area contributed by atoms with Crippen molar-refractivity contribution < 1.29 is 9.18 Å². The molecule has 0 bridgehead atoms. The van der Waals surface area contributed by atoms with Gasteiger partial charge in [0.25, 0.3) is 0 Å². The van der Waals surface area contributed by atoms with Gasteiger partial charge in [0.1, 0.15) is 12.1 Å². The molecule has 1 amide bonds. The molecule has 7 nitrogen and oxygen atoms in total. The van der Waals surface area contributed by atoms with Crippen molar-refractivity contribution in [3.63, 3.8) is 0 Å². The van der Waals surface area contributed by atoms with Gasteiger partial charge >= 0.3 is 0 Å². The lowest BCUT2D eigenvalue weighted by Crippen LogP contribution is -2.27. The van der Waals surface area contributed by atoms with E-state index in [0.717, 1.165) is 16.8 Å². The Balaban J connectivity index is 1.64. The highest BCUT2D eigenvalue weighted by molar-refractivity contribution is 7.99. The Morgan fingerprint density at radius 1 is 1.25 bits per heavy atom. The third-order valence-electron chi connectivity index (χ3n) is 3.41. The van der Waals surface area contributed by atoms with E-state index in [0.29, 0.717) is 11.7 Å². The second kappa shape index (κ2) is 7.26. The molecule has 2 aromatic heterocycles. The molecule has 0 atom stereocenters. The molecule has 0 fully saturated rings. The van der Waals surface area contributed by atoms with Gasteiger partial charge in [-0.1, -0.05) is 11.8 Å². The number of benzene rings is 1. The maximum Gasteiger partial charge on any atom is 0.233 e. The number of rotatable bonds is 6. The van der Waals surface area contributed by atoms with Crippen LogP contribution in [0.15, 0.2) is 41.9 Å². The van der Waals surface area contributed by atoms with Crippen molar-refractivity contribution in [2.24, 2.45) is 0 Å². The number of nitrogens with one attached hydrogen (secondary N) is 2. The molecule has 3 rings (SSSR count). The van der Waals surface area contributed by atoms with Crippen LogP contribution in [0.1, 0.15) is 5.56 Å². The summed E-state index contributed by atoms with van der Waals surface area (Å²) in [6.45, 7) is 0.402. The third-order valence-corrected chi connectivity index (χ3v) is 4.27. The summed E-state index contributed by atoms with van der Waals surface area (Å²) in [6.07, 6.45) is 3.07. The Labute approximate surface area is 141 Å². The minimum Gasteiger partial charge on any atom is -0.341 e. The summed E-state index contributed by atoms with van der Waals surface area (Å²) in [7, 11) is 1.73. The number of nitrogens with zero attached hydrogens (tertiary/aromatic N) is 4. The number of carbonyl (C=O) groups excluding carboxylic acids is 1. The molecule has 1 aromatic carbocycles. The summed E-state index contributed by atoms with van der Waals surface area (Å²) in [5, 5.41) is 14.0. The van der Waals surface area contributed by atoms with E-state index in [4.69, 9.17) is 0 Å². The van der Waals surface area contributed by atoms with Crippen molar-refractivity contribution >= 4 is 17.7 Å². The first-order chi connectivity index (χ1) is 11.6. The Hall–Kier alpha value is -2.68. The lowest BCUT2D eigenvalue weighted by atomic mass is 10.1. The molecule has 0 aliphatic rings. The first kappa shape index (κ1) is 16.2. The molecule has 2 heterocycles. The number of thioether (sulfide) groups is 1. The number of carbonyl (C=O) groups is 1. The molecule has 2 N–H and O–H groups in total. The summed E-state index contributed by atoms with van der Waals surface area (Å²) < 4.78 is 13.1. The molecule has 0 radical (unpaired) electrons. The van der Waals surface area contributed by atoms with E-state index in [1.807, 2.05) is 0 Å². The van der Waals surface area contributed by atoms with E-state index in [9.17, 15) is 9.18 Å². The van der Waals surface area contributed by atoms with Gasteiger partial charge in [-0.15, -0.1) is 0 Å². The SMILES string of the molecule is CN(Cc1cn[nH]c1-c1ccc(F)cc1)C(=O)CSc1ncn[nH]1. The van der Waals surface area contributed by atoms with Crippen LogP contribution in [0.5, 0.6) is 0 Å². The van der Waals surface area contributed by atoms with Gasteiger partial charge in [0.2, 0.25) is 5.91 Å². The van der Waals surface area contributed by atoms with Crippen molar-refractivity contribution in [1.82, 2.24) is 30.3 Å². The zero-order valence-electron chi connectivity index (χ0n) is 12.9. The molecular weight excluding hydrogens is 331 g/mol. The van der Waals surface area contributed by atoms with Gasteiger partial charge in [0, 0.05) is 24.7 Å². The minimum atomic E-state index is -0.295. The van der Waals surface area contributed by atoms with E-state index in [1.165, 1.54) is 30.2 Å². The van der Waals surface area contributed by atoms with Crippen molar-refractivity contribution in [3.05, 3.63) is 48.2 Å². The van der Waals surface area contributed by atoms with E-state index < -0.39 is 0 Å². The molecule has 0 aliphatic heterocycles. The number of halogens is 1. The second-order valence-electron chi connectivity index (χ2n) is 5.11. The van der Waals surface area contributed by atoms with Crippen LogP contribution in [-0.2, 0) is 11.3 Å². The van der Waals surface area contributed by atoms with Crippen LogP contribution in [0.3, 0.4) is 0 Å². The second-order valence-corrected chi connectivity index (χ2v) is 6.07. The molecule has 0 aliphatic carbocycles. The quantitative estimate of drug-likeness (QED) is 0.667. The Morgan fingerprint density at radius 3 is 2.75 bits per heavy atom. The van der Waals surface area contributed by atoms with Crippen molar-refractivity contribution in [3.8, 4) is 11.3 Å². The van der Waals surface area contributed by atoms with Crippen LogP contribution in [0.2, 0.25) is 0 Å². The van der Waals surface area contributed by atoms with Crippen LogP contribution >= 0.6 is 11.8 Å². The highest BCUT2D eigenvalue weighted by Gasteiger charge is 2.15. The number of aromatic amines is 2. The number of aromatic nitrogens is 5. The lowest BCUT2D eigenvalue weighted by Gasteiger charge is -2.16. The largest absolute Gasteiger partial charge is 0.341 e. The van der Waals surface area contributed by atoms with E-state index in [1.54, 1.807) is 30.3 Å². The summed E-state index contributed by atoms with van der Waals surface area (Å²) in [4.78, 5) is 17.8. The van der Waals surface area contributed by atoms with Crippen LogP contribution in [0.4, 0.5) is 4.39 Å². The van der Waals surface area contributed by atoms with Crippen LogP contribution in [0.25, 0.3) is 11.3 Å². The fraction of sp³-hybridized carbons (Fsp3) is 0.200. The predicted octanol–water partition coefficient (Wildman–Crippen LogP) is 2.08. The normalized spacial score (nSPS) is 10.8. The predicted molar refractivity (Wildman–Crippen MR) is 87.6 cm³/mol. The number of hydrogen-bond acceptors (Lipinski definition) is 5. The van der Waals surface area contributed by atoms with Gasteiger partial charge in [-0.25, -0.2) is 9.37 Å². The fourth-order valence-corrected chi connectivity index (χ4v) is 2.86. The highest BCUT2D eigenvalue weighted by Crippen LogP contribution is 2.22. The van der Waals surface area contributed by atoms with Crippen LogP contribution in [-0.4, -0.2) is 49.0 Å². The maximum absolute atomic E-state index is 13.1. The van der Waals surface area contributed by atoms with Crippen LogP contribution in [0, 0.1) is 5.82 Å². The number of H-pyrrole nitrogens is 2. The molecule has 0 spiro atoms. The van der Waals surface area contributed by atoms with Gasteiger partial charge in [-0.2, -0.15) is 10.2 Å². The van der Waals surface area contributed by atoms with Crippen molar-refractivity contribution in [1.29, 1.82) is 0 Å². The third kappa shape index (κ3) is 3.80. The molecule has 0 unspecified atom stereocenters. The Bertz CT molecular complexity index is 802. The fourth-order valence-electron chi connectivity index (χ4n) is 2.15. The molecule has 24 heavy (non-hydrogen) atoms. The summed E-state index contributed by atoms with van der Waals surface area (Å²) in [5.74, 6) is -0.0747. The molecular formula is C15H15FN6OS. The lowest BCUT2D eigenvalue weighted by molar-refractivity contribution is -0.127. The van der Waals surface area contributed by atoms with Gasteiger partial charge in [0.05, 0.1) is 17.6 Å². The monoisotopic (exact) mass is 346 g/mol. The van der Waals surface area contributed by atoms with Gasteiger partial charge in [-0.3, -0.25) is 15.0 Å². The highest BCUT2D eigenvalue weighted by atomic mass is 32.2.